The second-order valence-corrected chi connectivity index (χ2v) is 3.82. The molecule has 0 aliphatic carbocycles. The van der Waals surface area contributed by atoms with Crippen molar-refractivity contribution in [3.8, 4) is 5.75 Å². The van der Waals surface area contributed by atoms with Crippen LogP contribution in [0.1, 0.15) is 5.56 Å². The number of amides is 1. The highest BCUT2D eigenvalue weighted by Gasteiger charge is 2.01. The van der Waals surface area contributed by atoms with Crippen LogP contribution in [0.15, 0.2) is 22.7 Å². The number of nitrogens with one attached hydrogen (secondary N) is 1. The number of benzene rings is 1. The number of aromatic hydroxyl groups is 1. The van der Waals surface area contributed by atoms with Crippen molar-refractivity contribution in [1.29, 1.82) is 0 Å². The van der Waals surface area contributed by atoms with Gasteiger partial charge in [0, 0.05) is 6.54 Å². The van der Waals surface area contributed by atoms with Gasteiger partial charge in [-0.25, -0.2) is 0 Å². The number of hydrogen-bond donors (Lipinski definition) is 2. The molecule has 0 unspecified atom stereocenters. The van der Waals surface area contributed by atoms with E-state index < -0.39 is 0 Å². The van der Waals surface area contributed by atoms with Crippen LogP contribution < -0.4 is 5.32 Å². The molecule has 0 saturated heterocycles. The summed E-state index contributed by atoms with van der Waals surface area (Å²) in [5, 5.41) is 11.9. The van der Waals surface area contributed by atoms with Crippen LogP contribution in [0, 0.1) is 0 Å². The van der Waals surface area contributed by atoms with Crippen molar-refractivity contribution < 1.29 is 9.90 Å². The maximum atomic E-state index is 10.8. The van der Waals surface area contributed by atoms with Crippen molar-refractivity contribution in [2.24, 2.45) is 0 Å². The molecule has 0 heterocycles. The lowest BCUT2D eigenvalue weighted by Gasteiger charge is -2.04. The second-order valence-electron chi connectivity index (χ2n) is 2.70. The fourth-order valence-corrected chi connectivity index (χ4v) is 1.26. The molecule has 1 rings (SSSR count). The van der Waals surface area contributed by atoms with E-state index in [1.165, 1.54) is 0 Å². The first-order valence-electron chi connectivity index (χ1n) is 3.93. The van der Waals surface area contributed by atoms with E-state index in [1.54, 1.807) is 18.2 Å². The third kappa shape index (κ3) is 3.20. The molecular formula is C9H9BrClNO2. The molecule has 3 nitrogen and oxygen atoms in total. The second kappa shape index (κ2) is 5.22. The van der Waals surface area contributed by atoms with E-state index in [0.29, 0.717) is 11.0 Å². The van der Waals surface area contributed by atoms with Gasteiger partial charge in [-0.05, 0) is 33.6 Å². The molecule has 5 heteroatoms. The molecular weight excluding hydrogens is 269 g/mol. The number of phenols is 1. The van der Waals surface area contributed by atoms with Gasteiger partial charge in [0.15, 0.2) is 0 Å². The summed E-state index contributed by atoms with van der Waals surface area (Å²) < 4.78 is 0.630. The van der Waals surface area contributed by atoms with Gasteiger partial charge in [-0.15, -0.1) is 11.6 Å². The molecule has 0 aromatic heterocycles. The SMILES string of the molecule is O=C(CCl)NCc1ccc(Br)c(O)c1. The summed E-state index contributed by atoms with van der Waals surface area (Å²) in [6.07, 6.45) is 0. The van der Waals surface area contributed by atoms with Gasteiger partial charge in [-0.3, -0.25) is 4.79 Å². The molecule has 1 aromatic rings. The first-order chi connectivity index (χ1) is 6.63. The zero-order valence-electron chi connectivity index (χ0n) is 7.26. The van der Waals surface area contributed by atoms with Crippen molar-refractivity contribution >= 4 is 33.4 Å². The van der Waals surface area contributed by atoms with Crippen molar-refractivity contribution in [3.63, 3.8) is 0 Å². The fourth-order valence-electron chi connectivity index (χ4n) is 0.916. The molecule has 76 valence electrons. The average molecular weight is 279 g/mol. The molecule has 0 atom stereocenters. The summed E-state index contributed by atoms with van der Waals surface area (Å²) in [5.41, 5.74) is 0.823. The van der Waals surface area contributed by atoms with Crippen molar-refractivity contribution in [2.75, 3.05) is 5.88 Å². The van der Waals surface area contributed by atoms with Gasteiger partial charge in [0.25, 0.3) is 0 Å². The Hall–Kier alpha value is -0.740. The van der Waals surface area contributed by atoms with Crippen LogP contribution in [0.4, 0.5) is 0 Å². The van der Waals surface area contributed by atoms with Gasteiger partial charge in [0.2, 0.25) is 5.91 Å². The summed E-state index contributed by atoms with van der Waals surface area (Å²) in [7, 11) is 0. The standard InChI is InChI=1S/C9H9BrClNO2/c10-7-2-1-6(3-8(7)13)5-12-9(14)4-11/h1-3,13H,4-5H2,(H,12,14). The normalized spacial score (nSPS) is 9.86. The minimum absolute atomic E-state index is 0.0531. The first kappa shape index (κ1) is 11.3. The molecule has 14 heavy (non-hydrogen) atoms. The molecule has 2 N–H and O–H groups in total. The molecule has 0 aliphatic heterocycles. The summed E-state index contributed by atoms with van der Waals surface area (Å²) in [4.78, 5) is 10.8. The molecule has 0 aliphatic rings. The minimum Gasteiger partial charge on any atom is -0.507 e. The Bertz CT molecular complexity index is 344. The van der Waals surface area contributed by atoms with Crippen LogP contribution in [0.3, 0.4) is 0 Å². The van der Waals surface area contributed by atoms with E-state index in [4.69, 9.17) is 11.6 Å². The summed E-state index contributed by atoms with van der Waals surface area (Å²) in [6.45, 7) is 0.367. The Balaban J connectivity index is 2.60. The first-order valence-corrected chi connectivity index (χ1v) is 5.26. The van der Waals surface area contributed by atoms with Crippen molar-refractivity contribution in [3.05, 3.63) is 28.2 Å². The zero-order valence-corrected chi connectivity index (χ0v) is 9.60. The third-order valence-corrected chi connectivity index (χ3v) is 2.53. The lowest BCUT2D eigenvalue weighted by atomic mass is 10.2. The Labute approximate surface area is 95.2 Å². The van der Waals surface area contributed by atoms with E-state index in [0.717, 1.165) is 5.56 Å². The number of carbonyl (C=O) groups is 1. The number of rotatable bonds is 3. The maximum absolute atomic E-state index is 10.8. The highest BCUT2D eigenvalue weighted by molar-refractivity contribution is 9.10. The maximum Gasteiger partial charge on any atom is 0.235 e. The average Bonchev–Trinajstić information content (AvgIpc) is 2.19. The quantitative estimate of drug-likeness (QED) is 0.831. The molecule has 0 fully saturated rings. The van der Waals surface area contributed by atoms with Gasteiger partial charge >= 0.3 is 0 Å². The molecule has 1 aromatic carbocycles. The number of hydrogen-bond acceptors (Lipinski definition) is 2. The van der Waals surface area contributed by atoms with Crippen LogP contribution >= 0.6 is 27.5 Å². The molecule has 1 amide bonds. The lowest BCUT2D eigenvalue weighted by Crippen LogP contribution is -2.23. The van der Waals surface area contributed by atoms with Crippen LogP contribution in [-0.4, -0.2) is 16.9 Å². The molecule has 0 saturated carbocycles. The van der Waals surface area contributed by atoms with E-state index in [1.807, 2.05) is 0 Å². The van der Waals surface area contributed by atoms with E-state index in [-0.39, 0.29) is 17.5 Å². The molecule has 0 bridgehead atoms. The Kier molecular flexibility index (Phi) is 4.22. The van der Waals surface area contributed by atoms with Gasteiger partial charge in [0.05, 0.1) is 4.47 Å². The van der Waals surface area contributed by atoms with Gasteiger partial charge < -0.3 is 10.4 Å². The van der Waals surface area contributed by atoms with E-state index in [2.05, 4.69) is 21.2 Å². The number of halogens is 2. The smallest absolute Gasteiger partial charge is 0.235 e. The number of phenolic OH excluding ortho intramolecular Hbond substituents is 1. The van der Waals surface area contributed by atoms with Crippen molar-refractivity contribution in [1.82, 2.24) is 5.32 Å². The van der Waals surface area contributed by atoms with Crippen LogP contribution in [-0.2, 0) is 11.3 Å². The number of carbonyl (C=O) groups excluding carboxylic acids is 1. The van der Waals surface area contributed by atoms with E-state index in [9.17, 15) is 9.90 Å². The predicted molar refractivity (Wildman–Crippen MR) is 58.4 cm³/mol. The van der Waals surface area contributed by atoms with E-state index >= 15 is 0 Å². The van der Waals surface area contributed by atoms with Gasteiger partial charge in [-0.1, -0.05) is 6.07 Å². The Morgan fingerprint density at radius 3 is 2.86 bits per heavy atom. The lowest BCUT2D eigenvalue weighted by molar-refractivity contribution is -0.118. The largest absolute Gasteiger partial charge is 0.507 e. The Morgan fingerprint density at radius 2 is 2.29 bits per heavy atom. The van der Waals surface area contributed by atoms with Crippen LogP contribution in [0.5, 0.6) is 5.75 Å². The van der Waals surface area contributed by atoms with Crippen molar-refractivity contribution in [2.45, 2.75) is 6.54 Å². The highest BCUT2D eigenvalue weighted by atomic mass is 79.9. The fraction of sp³-hybridized carbons (Fsp3) is 0.222. The minimum atomic E-state index is -0.228. The monoisotopic (exact) mass is 277 g/mol. The zero-order chi connectivity index (χ0) is 10.6. The third-order valence-electron chi connectivity index (χ3n) is 1.62. The summed E-state index contributed by atoms with van der Waals surface area (Å²) >= 11 is 8.47. The number of alkyl halides is 1. The highest BCUT2D eigenvalue weighted by Crippen LogP contribution is 2.24. The topological polar surface area (TPSA) is 49.3 Å². The summed E-state index contributed by atoms with van der Waals surface area (Å²) in [5.74, 6) is -0.126. The van der Waals surface area contributed by atoms with Crippen LogP contribution in [0.2, 0.25) is 0 Å². The Morgan fingerprint density at radius 1 is 1.57 bits per heavy atom. The molecule has 0 radical (unpaired) electrons. The van der Waals surface area contributed by atoms with Gasteiger partial charge in [-0.2, -0.15) is 0 Å². The summed E-state index contributed by atoms with van der Waals surface area (Å²) in [6, 6.07) is 5.11. The molecule has 0 spiro atoms. The predicted octanol–water partition coefficient (Wildman–Crippen LogP) is 2.01. The van der Waals surface area contributed by atoms with Crippen LogP contribution in [0.25, 0.3) is 0 Å². The van der Waals surface area contributed by atoms with Gasteiger partial charge in [0.1, 0.15) is 11.6 Å².